The van der Waals surface area contributed by atoms with E-state index in [-0.39, 0.29) is 5.60 Å². The van der Waals surface area contributed by atoms with E-state index >= 15 is 0 Å². The molecule has 1 aromatic heterocycles. The minimum atomic E-state index is -0.182. The first-order chi connectivity index (χ1) is 6.40. The predicted molar refractivity (Wildman–Crippen MR) is 53.7 cm³/mol. The van der Waals surface area contributed by atoms with E-state index in [0.717, 1.165) is 17.0 Å². The van der Waals surface area contributed by atoms with E-state index in [1.165, 1.54) is 0 Å². The molecule has 0 spiro atoms. The molecule has 0 radical (unpaired) electrons. The number of hydrogen-bond donors (Lipinski definition) is 1. The standard InChI is InChI=1S/C10H18N2O2/c1-7-9(8(2)13-12-7)6-11-14-10(3,4)5/h11H,6H2,1-5H3. The van der Waals surface area contributed by atoms with Gasteiger partial charge in [0.1, 0.15) is 5.76 Å². The van der Waals surface area contributed by atoms with Crippen LogP contribution in [0.4, 0.5) is 0 Å². The van der Waals surface area contributed by atoms with Crippen molar-refractivity contribution in [3.05, 3.63) is 17.0 Å². The Morgan fingerprint density at radius 3 is 2.43 bits per heavy atom. The summed E-state index contributed by atoms with van der Waals surface area (Å²) in [5, 5.41) is 3.86. The summed E-state index contributed by atoms with van der Waals surface area (Å²) in [5.41, 5.74) is 4.70. The Morgan fingerprint density at radius 1 is 1.36 bits per heavy atom. The molecule has 0 aliphatic rings. The molecule has 4 heteroatoms. The Bertz CT molecular complexity index is 280. The molecule has 0 unspecified atom stereocenters. The van der Waals surface area contributed by atoms with Crippen LogP contribution in [0.5, 0.6) is 0 Å². The van der Waals surface area contributed by atoms with Crippen LogP contribution in [-0.4, -0.2) is 10.8 Å². The van der Waals surface area contributed by atoms with Crippen LogP contribution in [0.1, 0.15) is 37.8 Å². The van der Waals surface area contributed by atoms with Gasteiger partial charge in [0.2, 0.25) is 0 Å². The number of aryl methyl sites for hydroxylation is 2. The maximum absolute atomic E-state index is 5.39. The van der Waals surface area contributed by atoms with Crippen LogP contribution in [0.25, 0.3) is 0 Å². The first-order valence-electron chi connectivity index (χ1n) is 4.73. The summed E-state index contributed by atoms with van der Waals surface area (Å²) in [6, 6.07) is 0. The second kappa shape index (κ2) is 4.11. The second-order valence-corrected chi connectivity index (χ2v) is 4.34. The van der Waals surface area contributed by atoms with Crippen molar-refractivity contribution in [1.29, 1.82) is 0 Å². The summed E-state index contributed by atoms with van der Waals surface area (Å²) in [6.45, 7) is 10.4. The molecule has 14 heavy (non-hydrogen) atoms. The van der Waals surface area contributed by atoms with Crippen molar-refractivity contribution in [3.8, 4) is 0 Å². The molecule has 1 rings (SSSR count). The van der Waals surface area contributed by atoms with Gasteiger partial charge in [-0.05, 0) is 34.6 Å². The second-order valence-electron chi connectivity index (χ2n) is 4.34. The quantitative estimate of drug-likeness (QED) is 0.756. The van der Waals surface area contributed by atoms with Gasteiger partial charge in [0.15, 0.2) is 0 Å². The van der Waals surface area contributed by atoms with E-state index in [0.29, 0.717) is 6.54 Å². The van der Waals surface area contributed by atoms with Crippen LogP contribution in [0, 0.1) is 13.8 Å². The Balaban J connectivity index is 2.46. The zero-order valence-corrected chi connectivity index (χ0v) is 9.47. The average Bonchev–Trinajstić information content (AvgIpc) is 2.33. The van der Waals surface area contributed by atoms with Crippen LogP contribution in [0.3, 0.4) is 0 Å². The molecule has 0 aliphatic carbocycles. The smallest absolute Gasteiger partial charge is 0.138 e. The number of nitrogens with one attached hydrogen (secondary N) is 1. The normalized spacial score (nSPS) is 12.1. The van der Waals surface area contributed by atoms with Gasteiger partial charge in [-0.25, -0.2) is 0 Å². The minimum Gasteiger partial charge on any atom is -0.361 e. The van der Waals surface area contributed by atoms with Gasteiger partial charge in [-0.2, -0.15) is 5.48 Å². The van der Waals surface area contributed by atoms with E-state index in [1.807, 2.05) is 34.6 Å². The van der Waals surface area contributed by atoms with E-state index in [1.54, 1.807) is 0 Å². The van der Waals surface area contributed by atoms with Gasteiger partial charge in [0.25, 0.3) is 0 Å². The van der Waals surface area contributed by atoms with Crippen molar-refractivity contribution < 1.29 is 9.36 Å². The fraction of sp³-hybridized carbons (Fsp3) is 0.700. The SMILES string of the molecule is Cc1noc(C)c1CNOC(C)(C)C. The minimum absolute atomic E-state index is 0.182. The van der Waals surface area contributed by atoms with Crippen LogP contribution < -0.4 is 5.48 Å². The number of nitrogens with zero attached hydrogens (tertiary/aromatic N) is 1. The molecule has 0 fully saturated rings. The molecule has 0 aromatic carbocycles. The molecule has 1 N–H and O–H groups in total. The van der Waals surface area contributed by atoms with Crippen molar-refractivity contribution in [2.24, 2.45) is 0 Å². The lowest BCUT2D eigenvalue weighted by atomic mass is 10.2. The summed E-state index contributed by atoms with van der Waals surface area (Å²) in [7, 11) is 0. The van der Waals surface area contributed by atoms with Gasteiger partial charge in [-0.3, -0.25) is 4.84 Å². The van der Waals surface area contributed by atoms with E-state index in [2.05, 4.69) is 10.6 Å². The zero-order valence-electron chi connectivity index (χ0n) is 9.47. The molecular weight excluding hydrogens is 180 g/mol. The summed E-state index contributed by atoms with van der Waals surface area (Å²) < 4.78 is 5.03. The first-order valence-corrected chi connectivity index (χ1v) is 4.73. The first kappa shape index (κ1) is 11.2. The van der Waals surface area contributed by atoms with Crippen LogP contribution >= 0.6 is 0 Å². The highest BCUT2D eigenvalue weighted by Crippen LogP contribution is 2.12. The summed E-state index contributed by atoms with van der Waals surface area (Å²) in [6.07, 6.45) is 0. The lowest BCUT2D eigenvalue weighted by Gasteiger charge is -2.19. The summed E-state index contributed by atoms with van der Waals surface area (Å²) >= 11 is 0. The van der Waals surface area contributed by atoms with Gasteiger partial charge >= 0.3 is 0 Å². The Labute approximate surface area is 84.6 Å². The molecule has 80 valence electrons. The topological polar surface area (TPSA) is 47.3 Å². The van der Waals surface area contributed by atoms with Gasteiger partial charge in [0, 0.05) is 5.56 Å². The monoisotopic (exact) mass is 198 g/mol. The highest BCUT2D eigenvalue weighted by molar-refractivity contribution is 5.19. The molecule has 0 bridgehead atoms. The van der Waals surface area contributed by atoms with E-state index in [4.69, 9.17) is 9.36 Å². The lowest BCUT2D eigenvalue weighted by Crippen LogP contribution is -2.28. The van der Waals surface area contributed by atoms with Crippen LogP contribution in [0.2, 0.25) is 0 Å². The van der Waals surface area contributed by atoms with Gasteiger partial charge < -0.3 is 4.52 Å². The number of rotatable bonds is 3. The Morgan fingerprint density at radius 2 is 2.00 bits per heavy atom. The third-order valence-corrected chi connectivity index (χ3v) is 1.81. The molecule has 0 saturated carbocycles. The molecular formula is C10H18N2O2. The van der Waals surface area contributed by atoms with Crippen molar-refractivity contribution in [2.75, 3.05) is 0 Å². The van der Waals surface area contributed by atoms with Crippen LogP contribution in [-0.2, 0) is 11.4 Å². The number of aromatic nitrogens is 1. The molecule has 0 atom stereocenters. The summed E-state index contributed by atoms with van der Waals surface area (Å²) in [4.78, 5) is 5.39. The van der Waals surface area contributed by atoms with E-state index in [9.17, 15) is 0 Å². The van der Waals surface area contributed by atoms with Crippen molar-refractivity contribution >= 4 is 0 Å². The number of hydroxylamine groups is 1. The van der Waals surface area contributed by atoms with Crippen molar-refractivity contribution in [1.82, 2.24) is 10.6 Å². The predicted octanol–water partition coefficient (Wildman–Crippen LogP) is 2.11. The molecule has 0 amide bonds. The van der Waals surface area contributed by atoms with Gasteiger partial charge in [0.05, 0.1) is 17.8 Å². The largest absolute Gasteiger partial charge is 0.361 e. The summed E-state index contributed by atoms with van der Waals surface area (Å²) in [5.74, 6) is 0.840. The third kappa shape index (κ3) is 3.12. The fourth-order valence-electron chi connectivity index (χ4n) is 1.08. The highest BCUT2D eigenvalue weighted by Gasteiger charge is 2.12. The Hall–Kier alpha value is -0.870. The van der Waals surface area contributed by atoms with Crippen LogP contribution in [0.15, 0.2) is 4.52 Å². The van der Waals surface area contributed by atoms with Gasteiger partial charge in [-0.15, -0.1) is 0 Å². The zero-order chi connectivity index (χ0) is 10.8. The average molecular weight is 198 g/mol. The third-order valence-electron chi connectivity index (χ3n) is 1.81. The fourth-order valence-corrected chi connectivity index (χ4v) is 1.08. The maximum Gasteiger partial charge on any atom is 0.138 e. The van der Waals surface area contributed by atoms with Gasteiger partial charge in [-0.1, -0.05) is 5.16 Å². The molecule has 4 nitrogen and oxygen atoms in total. The van der Waals surface area contributed by atoms with E-state index < -0.39 is 0 Å². The number of hydrogen-bond acceptors (Lipinski definition) is 4. The highest BCUT2D eigenvalue weighted by atomic mass is 16.7. The maximum atomic E-state index is 5.39. The van der Waals surface area contributed by atoms with Crippen molar-refractivity contribution in [3.63, 3.8) is 0 Å². The molecule has 1 aromatic rings. The molecule has 0 saturated heterocycles. The lowest BCUT2D eigenvalue weighted by molar-refractivity contribution is -0.0759. The molecule has 1 heterocycles. The molecule has 0 aliphatic heterocycles. The van der Waals surface area contributed by atoms with Crippen molar-refractivity contribution in [2.45, 2.75) is 46.8 Å². The Kier molecular flexibility index (Phi) is 3.29.